The molecule has 0 fully saturated rings. The van der Waals surface area contributed by atoms with Crippen LogP contribution in [-0.2, 0) is 4.84 Å². The monoisotopic (exact) mass is 150 g/mol. The maximum atomic E-state index is 12.3. The van der Waals surface area contributed by atoms with Crippen molar-refractivity contribution < 1.29 is 14.0 Å². The van der Waals surface area contributed by atoms with Crippen molar-refractivity contribution in [2.24, 2.45) is 5.73 Å². The molecule has 0 saturated heterocycles. The molecule has 0 spiro atoms. The van der Waals surface area contributed by atoms with Gasteiger partial charge in [0.05, 0.1) is 0 Å². The molecular formula is C5H11FN2O2. The van der Waals surface area contributed by atoms with Gasteiger partial charge in [0, 0.05) is 0 Å². The van der Waals surface area contributed by atoms with E-state index < -0.39 is 12.2 Å². The first kappa shape index (κ1) is 9.16. The number of rotatable bonds is 4. The molecule has 0 rings (SSSR count). The number of alkyl halides is 1. The van der Waals surface area contributed by atoms with Crippen LogP contribution in [0.15, 0.2) is 0 Å². The Hall–Kier alpha value is -0.840. The van der Waals surface area contributed by atoms with Crippen LogP contribution in [0.2, 0.25) is 0 Å². The molecule has 4 nitrogen and oxygen atoms in total. The van der Waals surface area contributed by atoms with Gasteiger partial charge in [0.15, 0.2) is 0 Å². The minimum atomic E-state index is -1.05. The summed E-state index contributed by atoms with van der Waals surface area (Å²) in [6.45, 7) is 1.53. The third-order valence-electron chi connectivity index (χ3n) is 0.880. The number of carbonyl (C=O) groups is 1. The van der Waals surface area contributed by atoms with Gasteiger partial charge in [-0.15, -0.1) is 0 Å². The molecule has 60 valence electrons. The van der Waals surface area contributed by atoms with Crippen molar-refractivity contribution in [3.05, 3.63) is 0 Å². The fourth-order valence-corrected chi connectivity index (χ4v) is 0.321. The molecule has 0 saturated carbocycles. The average molecular weight is 150 g/mol. The Morgan fingerprint density at radius 1 is 1.90 bits per heavy atom. The highest BCUT2D eigenvalue weighted by Gasteiger charge is 2.02. The third kappa shape index (κ3) is 5.30. The molecule has 10 heavy (non-hydrogen) atoms. The third-order valence-corrected chi connectivity index (χ3v) is 0.880. The van der Waals surface area contributed by atoms with E-state index in [1.165, 1.54) is 0 Å². The Labute approximate surface area is 58.5 Å². The molecule has 2 amide bonds. The number of amides is 2. The number of carbonyl (C=O) groups excluding carboxylic acids is 1. The van der Waals surface area contributed by atoms with Crippen LogP contribution in [0.4, 0.5) is 9.18 Å². The van der Waals surface area contributed by atoms with Crippen molar-refractivity contribution >= 4 is 6.03 Å². The molecule has 1 atom stereocenters. The number of nitrogens with one attached hydrogen (secondary N) is 1. The van der Waals surface area contributed by atoms with Crippen LogP contribution >= 0.6 is 0 Å². The first-order chi connectivity index (χ1) is 4.66. The van der Waals surface area contributed by atoms with Crippen molar-refractivity contribution in [2.45, 2.75) is 19.5 Å². The van der Waals surface area contributed by atoms with Crippen LogP contribution in [0.25, 0.3) is 0 Å². The van der Waals surface area contributed by atoms with E-state index in [9.17, 15) is 9.18 Å². The number of hydrogen-bond acceptors (Lipinski definition) is 2. The predicted octanol–water partition coefficient (Wildman–Crippen LogP) is 0.334. The highest BCUT2D eigenvalue weighted by molar-refractivity contribution is 5.70. The van der Waals surface area contributed by atoms with E-state index in [2.05, 4.69) is 10.6 Å². The fourth-order valence-electron chi connectivity index (χ4n) is 0.321. The Bertz CT molecular complexity index is 110. The Morgan fingerprint density at radius 2 is 2.50 bits per heavy atom. The number of urea groups is 1. The molecule has 0 radical (unpaired) electrons. The van der Waals surface area contributed by atoms with Crippen LogP contribution in [0.3, 0.4) is 0 Å². The van der Waals surface area contributed by atoms with Crippen LogP contribution in [0, 0.1) is 0 Å². The minimum absolute atomic E-state index is 0.153. The lowest BCUT2D eigenvalue weighted by Gasteiger charge is -2.04. The summed E-state index contributed by atoms with van der Waals surface area (Å²) in [4.78, 5) is 14.3. The summed E-state index contributed by atoms with van der Waals surface area (Å²) in [6, 6.07) is -0.816. The minimum Gasteiger partial charge on any atom is -0.350 e. The van der Waals surface area contributed by atoms with Gasteiger partial charge in [-0.3, -0.25) is 4.84 Å². The van der Waals surface area contributed by atoms with Crippen molar-refractivity contribution in [3.63, 3.8) is 0 Å². The zero-order valence-electron chi connectivity index (χ0n) is 5.76. The Balaban J connectivity index is 3.11. The molecule has 0 aromatic carbocycles. The van der Waals surface area contributed by atoms with Gasteiger partial charge < -0.3 is 5.73 Å². The second kappa shape index (κ2) is 4.99. The van der Waals surface area contributed by atoms with E-state index in [1.807, 2.05) is 5.48 Å². The first-order valence-electron chi connectivity index (χ1n) is 2.98. The second-order valence-electron chi connectivity index (χ2n) is 1.78. The SMILES string of the molecule is CCC(F)CONC(N)=O. The summed E-state index contributed by atoms with van der Waals surface area (Å²) in [6.07, 6.45) is -0.688. The van der Waals surface area contributed by atoms with Crippen molar-refractivity contribution in [1.82, 2.24) is 5.48 Å². The number of primary amides is 1. The molecule has 0 aliphatic heterocycles. The highest BCUT2D eigenvalue weighted by Crippen LogP contribution is 1.94. The maximum absolute atomic E-state index is 12.3. The van der Waals surface area contributed by atoms with Crippen LogP contribution < -0.4 is 11.2 Å². The van der Waals surface area contributed by atoms with E-state index in [-0.39, 0.29) is 6.61 Å². The number of halogens is 1. The van der Waals surface area contributed by atoms with Gasteiger partial charge in [-0.1, -0.05) is 6.92 Å². The quantitative estimate of drug-likeness (QED) is 0.567. The molecular weight excluding hydrogens is 139 g/mol. The molecule has 0 aromatic rings. The van der Waals surface area contributed by atoms with Crippen LogP contribution in [0.1, 0.15) is 13.3 Å². The van der Waals surface area contributed by atoms with Crippen molar-refractivity contribution in [3.8, 4) is 0 Å². The van der Waals surface area contributed by atoms with Gasteiger partial charge in [-0.25, -0.2) is 14.7 Å². The summed E-state index contributed by atoms with van der Waals surface area (Å²) in [7, 11) is 0. The summed E-state index contributed by atoms with van der Waals surface area (Å²) in [5.41, 5.74) is 6.43. The summed E-state index contributed by atoms with van der Waals surface area (Å²) in [5.74, 6) is 0. The zero-order chi connectivity index (χ0) is 7.98. The smallest absolute Gasteiger partial charge is 0.336 e. The number of nitrogens with two attached hydrogens (primary N) is 1. The number of hydroxylamine groups is 1. The molecule has 5 heteroatoms. The van der Waals surface area contributed by atoms with Crippen molar-refractivity contribution in [1.29, 1.82) is 0 Å². The maximum Gasteiger partial charge on any atom is 0.336 e. The molecule has 0 aliphatic rings. The summed E-state index contributed by atoms with van der Waals surface area (Å²) >= 11 is 0. The van der Waals surface area contributed by atoms with Crippen molar-refractivity contribution in [2.75, 3.05) is 6.61 Å². The molecule has 0 heterocycles. The average Bonchev–Trinajstić information content (AvgIpc) is 1.87. The first-order valence-corrected chi connectivity index (χ1v) is 2.98. The molecule has 3 N–H and O–H groups in total. The Morgan fingerprint density at radius 3 is 2.90 bits per heavy atom. The molecule has 1 unspecified atom stereocenters. The summed E-state index contributed by atoms with van der Waals surface area (Å²) < 4.78 is 12.3. The summed E-state index contributed by atoms with van der Waals surface area (Å²) in [5, 5.41) is 0. The zero-order valence-corrected chi connectivity index (χ0v) is 5.76. The fraction of sp³-hybridized carbons (Fsp3) is 0.800. The second-order valence-corrected chi connectivity index (χ2v) is 1.78. The standard InChI is InChI=1S/C5H11FN2O2/c1-2-4(6)3-10-8-5(7)9/h4H,2-3H2,1H3,(H3,7,8,9). The van der Waals surface area contributed by atoms with E-state index in [4.69, 9.17) is 0 Å². The van der Waals surface area contributed by atoms with E-state index in [0.29, 0.717) is 6.42 Å². The van der Waals surface area contributed by atoms with Crippen LogP contribution in [-0.4, -0.2) is 18.8 Å². The van der Waals surface area contributed by atoms with E-state index in [1.54, 1.807) is 6.92 Å². The topological polar surface area (TPSA) is 64.3 Å². The normalized spacial score (nSPS) is 12.6. The van der Waals surface area contributed by atoms with Gasteiger partial charge in [-0.2, -0.15) is 0 Å². The van der Waals surface area contributed by atoms with Gasteiger partial charge in [-0.05, 0) is 6.42 Å². The highest BCUT2D eigenvalue weighted by atomic mass is 19.1. The Kier molecular flexibility index (Phi) is 4.57. The van der Waals surface area contributed by atoms with Gasteiger partial charge in [0.2, 0.25) is 0 Å². The molecule has 0 bridgehead atoms. The predicted molar refractivity (Wildman–Crippen MR) is 33.9 cm³/mol. The lowest BCUT2D eigenvalue weighted by atomic mass is 10.3. The number of hydrogen-bond donors (Lipinski definition) is 2. The van der Waals surface area contributed by atoms with E-state index in [0.717, 1.165) is 0 Å². The molecule has 0 aromatic heterocycles. The molecule has 0 aliphatic carbocycles. The largest absolute Gasteiger partial charge is 0.350 e. The van der Waals surface area contributed by atoms with Gasteiger partial charge in [0.1, 0.15) is 12.8 Å². The van der Waals surface area contributed by atoms with Gasteiger partial charge in [0.25, 0.3) is 0 Å². The van der Waals surface area contributed by atoms with Gasteiger partial charge >= 0.3 is 6.03 Å². The van der Waals surface area contributed by atoms with Crippen LogP contribution in [0.5, 0.6) is 0 Å². The lowest BCUT2D eigenvalue weighted by Crippen LogP contribution is -2.31. The van der Waals surface area contributed by atoms with E-state index >= 15 is 0 Å². The lowest BCUT2D eigenvalue weighted by molar-refractivity contribution is 0.0275.